The second-order valence-electron chi connectivity index (χ2n) is 8.74. The molecule has 9 heteroatoms. The third-order valence-corrected chi connectivity index (χ3v) is 79.5. The normalized spacial score (nSPS) is 13.9. The number of fused-ring (bicyclic) bond motifs is 3. The van der Waals surface area contributed by atoms with Crippen LogP contribution in [0.25, 0.3) is 11.1 Å². The van der Waals surface area contributed by atoms with Gasteiger partial charge in [0.15, 0.2) is 0 Å². The molecule has 1 aliphatic rings. The summed E-state index contributed by atoms with van der Waals surface area (Å²) in [5, 5.41) is 0. The van der Waals surface area contributed by atoms with Crippen molar-refractivity contribution in [2.24, 2.45) is 0 Å². The minimum atomic E-state index is 0.450. The minimum absolute atomic E-state index is 0.450. The molecule has 0 spiro atoms. The van der Waals surface area contributed by atoms with Crippen LogP contribution < -0.4 is 8.53 Å². The SMILES string of the molecule is Cc1[c]([RaH])[c]([RaH])c2c([c]1[RaH])[C]([RaH])([RaH])c1[c]([RaH])c(N(C)C)[c]([RaH])[c]([RaH])c1-2. The summed E-state index contributed by atoms with van der Waals surface area (Å²) in [7, 11) is 4.67. The monoisotopic (exact) mass is 2030 g/mol. The van der Waals surface area contributed by atoms with Gasteiger partial charge in [-0.15, -0.1) is 0 Å². The van der Waals surface area contributed by atoms with E-state index in [9.17, 15) is 0 Å². The third-order valence-electron chi connectivity index (χ3n) is 6.91. The Bertz CT molecular complexity index is 933. The number of rotatable bonds is 1. The first-order valence-electron chi connectivity index (χ1n) is 9.37. The van der Waals surface area contributed by atoms with E-state index in [-0.39, 0.29) is 0 Å². The van der Waals surface area contributed by atoms with E-state index in [4.69, 9.17) is 0 Å². The molecule has 0 amide bonds. The summed E-state index contributed by atoms with van der Waals surface area (Å²) in [5.74, 6) is 0. The Kier molecular flexibility index (Phi) is 14.4. The maximum atomic E-state index is 2.53. The Labute approximate surface area is 385 Å². The average Bonchev–Trinajstić information content (AvgIpc) is 2.76. The van der Waals surface area contributed by atoms with Crippen molar-refractivity contribution in [1.29, 1.82) is 0 Å². The van der Waals surface area contributed by atoms with Crippen LogP contribution in [-0.2, 0) is -4.50 Å². The molecule has 0 N–H and O–H groups in total. The van der Waals surface area contributed by atoms with E-state index in [1.165, 1.54) is 0 Å². The first kappa shape index (κ1) is 29.5. The predicted molar refractivity (Wildman–Crippen MR) is 80.7 cm³/mol. The van der Waals surface area contributed by atoms with E-state index in [1.807, 2.05) is 31.4 Å². The van der Waals surface area contributed by atoms with Crippen molar-refractivity contribution in [1.82, 2.24) is 0 Å². The fourth-order valence-electron chi connectivity index (χ4n) is 5.44. The van der Waals surface area contributed by atoms with Gasteiger partial charge in [-0.05, 0) is 0 Å². The number of benzene rings is 2. The summed E-state index contributed by atoms with van der Waals surface area (Å²) < 4.78 is 12.5. The van der Waals surface area contributed by atoms with Crippen LogP contribution in [0.5, 0.6) is 0 Å². The van der Waals surface area contributed by atoms with Gasteiger partial charge in [-0.2, -0.15) is 0 Å². The first-order valence-corrected chi connectivity index (χ1v) is 42.2. The fraction of sp³-hybridized carbons (Fsp3) is 0.250. The van der Waals surface area contributed by atoms with Crippen LogP contribution in [0.3, 0.4) is 0 Å². The zero-order valence-electron chi connectivity index (χ0n) is 17.9. The van der Waals surface area contributed by atoms with Crippen LogP contribution in [0, 0.1) is 349 Å². The van der Waals surface area contributed by atoms with Gasteiger partial charge in [0.25, 0.3) is 0 Å². The van der Waals surface area contributed by atoms with E-state index < -0.39 is 0 Å². The maximum absolute atomic E-state index is 2.53. The summed E-state index contributed by atoms with van der Waals surface area (Å²) in [6.07, 6.45) is 0. The zero-order chi connectivity index (χ0) is 19.0. The van der Waals surface area contributed by atoms with Gasteiger partial charge in [-0.1, -0.05) is 0 Å². The van der Waals surface area contributed by atoms with Crippen LogP contribution in [0.2, 0.25) is 0 Å². The molecule has 0 saturated heterocycles. The summed E-state index contributed by atoms with van der Waals surface area (Å²) >= 11 is 4.02. The van der Waals surface area contributed by atoms with Crippen LogP contribution in [0.1, 0.15) is 16.7 Å². The second-order valence-corrected chi connectivity index (χ2v) is 83.6. The summed E-state index contributed by atoms with van der Waals surface area (Å²) in [6, 6.07) is 0. The van der Waals surface area contributed by atoms with Crippen molar-refractivity contribution in [2.75, 3.05) is 19.0 Å². The molecule has 0 heterocycles. The van der Waals surface area contributed by atoms with E-state index in [1.54, 1.807) is 5.69 Å². The molecule has 0 unspecified atom stereocenters. The molecule has 0 aromatic heterocycles. The molecule has 0 fully saturated rings. The van der Waals surface area contributed by atoms with Gasteiger partial charge in [-0.25, -0.2) is 0 Å². The van der Waals surface area contributed by atoms with Gasteiger partial charge < -0.3 is 0 Å². The Morgan fingerprint density at radius 2 is 1.08 bits per heavy atom. The van der Waals surface area contributed by atoms with Crippen molar-refractivity contribution >= 4 is 9.31 Å². The Balaban J connectivity index is 2.60. The molecular formula is C16H17NRa8. The predicted octanol–water partition coefficient (Wildman–Crippen LogP) is -3.75. The van der Waals surface area contributed by atoms with Crippen molar-refractivity contribution in [3.05, 3.63) is 16.7 Å². The van der Waals surface area contributed by atoms with Crippen molar-refractivity contribution < 1.29 is 342 Å². The molecule has 0 bridgehead atoms. The number of anilines is 1. The van der Waals surface area contributed by atoms with Crippen molar-refractivity contribution in [3.63, 3.8) is 0 Å². The van der Waals surface area contributed by atoms with Crippen molar-refractivity contribution in [2.45, 2.75) is 2.42 Å². The quantitative estimate of drug-likeness (QED) is 0.285. The van der Waals surface area contributed by atoms with Crippen molar-refractivity contribution in [3.8, 4) is 11.1 Å². The molecule has 0 radical (unpaired) electrons. The molecule has 0 saturated carbocycles. The standard InChI is InChI=1S/C16H9N.8Ra.8H/c1-11-4-6-15-12(8-11)9-13-10-14(17(2)3)5-7-16(13)15;;;;;;;;;;;;;;;;/h1-3H3;;;;;;;;;;;;;;;;. The molecule has 25 heavy (non-hydrogen) atoms. The number of hydrogen-bond donors (Lipinski definition) is 0. The molecule has 3 rings (SSSR count). The molecule has 0 aliphatic heterocycles. The van der Waals surface area contributed by atoms with Crippen LogP contribution in [0.4, 0.5) is 5.69 Å². The molecule has 2 aromatic rings. The summed E-state index contributed by atoms with van der Waals surface area (Å²) in [6.45, 7) is 2.53. The second kappa shape index (κ2) is 12.2. The van der Waals surface area contributed by atoms with Gasteiger partial charge >= 0.3 is 401 Å². The van der Waals surface area contributed by atoms with E-state index in [0.717, 1.165) is -4.50 Å². The summed E-state index contributed by atoms with van der Waals surface area (Å²) in [5.41, 5.74) is 11.6. The van der Waals surface area contributed by atoms with E-state index in [0.29, 0.717) is 342 Å². The number of nitrogens with zero attached hydrogens (tertiary/aromatic N) is 1. The molecule has 0 atom stereocenters. The van der Waals surface area contributed by atoms with Gasteiger partial charge in [-0.3, -0.25) is 0 Å². The number of hydrogen-bond acceptors (Lipinski definition) is 1. The van der Waals surface area contributed by atoms with Crippen LogP contribution in [-0.4, -0.2) is 14.1 Å². The Hall–Kier alpha value is 9.98. The van der Waals surface area contributed by atoms with Gasteiger partial charge in [0, 0.05) is 0 Å². The Morgan fingerprint density at radius 1 is 0.640 bits per heavy atom. The van der Waals surface area contributed by atoms with Crippen LogP contribution >= 0.6 is 0 Å². The van der Waals surface area contributed by atoms with Gasteiger partial charge in [0.2, 0.25) is 0 Å². The van der Waals surface area contributed by atoms with Gasteiger partial charge in [0.05, 0.1) is 0 Å². The van der Waals surface area contributed by atoms with E-state index >= 15 is 0 Å². The van der Waals surface area contributed by atoms with Gasteiger partial charge in [0.1, 0.15) is 0 Å². The first-order chi connectivity index (χ1) is 11.4. The average molecular weight is 2030 g/mol. The van der Waals surface area contributed by atoms with Crippen LogP contribution in [0.15, 0.2) is 0 Å². The third kappa shape index (κ3) is 5.72. The van der Waals surface area contributed by atoms with E-state index in [2.05, 4.69) is 25.9 Å². The summed E-state index contributed by atoms with van der Waals surface area (Å²) in [4.78, 5) is 2.53. The molecule has 2 aromatic carbocycles. The topological polar surface area (TPSA) is 3.24 Å². The molecule has 1 nitrogen and oxygen atoms in total. The molecule has 1 aliphatic carbocycles. The molecular weight excluding hydrogens is 2010 g/mol. The zero-order valence-corrected chi connectivity index (χ0v) is 83.7. The fourth-order valence-corrected chi connectivity index (χ4v) is 92.1. The Morgan fingerprint density at radius 3 is 1.56 bits per heavy atom. The molecule has 102 valence electrons.